The third-order valence-corrected chi connectivity index (χ3v) is 5.75. The van der Waals surface area contributed by atoms with Gasteiger partial charge >= 0.3 is 0 Å². The first-order valence-corrected chi connectivity index (χ1v) is 11.1. The molecule has 3 aromatic rings. The Balaban J connectivity index is 1.52. The molecule has 1 fully saturated rings. The summed E-state index contributed by atoms with van der Waals surface area (Å²) in [6.45, 7) is 8.63. The Labute approximate surface area is 188 Å². The average Bonchev–Trinajstić information content (AvgIpc) is 3.50. The van der Waals surface area contributed by atoms with Gasteiger partial charge in [-0.1, -0.05) is 18.2 Å². The molecule has 1 aromatic carbocycles. The van der Waals surface area contributed by atoms with Gasteiger partial charge in [0, 0.05) is 25.9 Å². The van der Waals surface area contributed by atoms with E-state index in [1.807, 2.05) is 42.3 Å². The van der Waals surface area contributed by atoms with Crippen LogP contribution in [0, 0.1) is 20.8 Å². The van der Waals surface area contributed by atoms with E-state index in [0.29, 0.717) is 13.1 Å². The molecule has 0 amide bonds. The fourth-order valence-electron chi connectivity index (χ4n) is 3.85. The van der Waals surface area contributed by atoms with Crippen molar-refractivity contribution in [1.29, 1.82) is 0 Å². The zero-order chi connectivity index (χ0) is 22.5. The number of guanidine groups is 1. The van der Waals surface area contributed by atoms with Crippen molar-refractivity contribution in [2.45, 2.75) is 52.8 Å². The maximum atomic E-state index is 5.76. The van der Waals surface area contributed by atoms with Gasteiger partial charge in [-0.05, 0) is 51.3 Å². The van der Waals surface area contributed by atoms with Crippen molar-refractivity contribution in [3.8, 4) is 5.69 Å². The molecule has 2 aromatic heterocycles. The molecule has 1 atom stereocenters. The van der Waals surface area contributed by atoms with E-state index in [9.17, 15) is 0 Å². The predicted octanol–water partition coefficient (Wildman–Crippen LogP) is 2.34. The van der Waals surface area contributed by atoms with Gasteiger partial charge < -0.3 is 19.9 Å². The molecule has 3 heterocycles. The Hall–Kier alpha value is -3.20. The molecule has 170 valence electrons. The molecule has 1 unspecified atom stereocenters. The first kappa shape index (κ1) is 22.0. The molecule has 9 nitrogen and oxygen atoms in total. The third-order valence-electron chi connectivity index (χ3n) is 5.75. The molecule has 4 rings (SSSR count). The summed E-state index contributed by atoms with van der Waals surface area (Å²) >= 11 is 0. The smallest absolute Gasteiger partial charge is 0.192 e. The van der Waals surface area contributed by atoms with Gasteiger partial charge in [-0.3, -0.25) is 0 Å². The van der Waals surface area contributed by atoms with Crippen molar-refractivity contribution in [1.82, 2.24) is 35.2 Å². The molecule has 0 radical (unpaired) electrons. The summed E-state index contributed by atoms with van der Waals surface area (Å²) in [5.74, 6) is 2.47. The topological polar surface area (TPSA) is 94.2 Å². The van der Waals surface area contributed by atoms with Crippen molar-refractivity contribution in [3.63, 3.8) is 0 Å². The summed E-state index contributed by atoms with van der Waals surface area (Å²) < 4.78 is 9.72. The zero-order valence-corrected chi connectivity index (χ0v) is 19.3. The standard InChI is InChI=1S/C23H32N8O/c1-16-12-17(2)31(29-16)21-10-6-5-8-19(21)13-24-23(25-14-20-9-7-11-32-20)26-15-22-28-27-18(3)30(22)4/h5-6,8,10,12,20H,7,9,11,13-15H2,1-4H3,(H2,24,25,26). The van der Waals surface area contributed by atoms with Crippen LogP contribution in [-0.2, 0) is 24.9 Å². The van der Waals surface area contributed by atoms with E-state index in [4.69, 9.17) is 9.73 Å². The largest absolute Gasteiger partial charge is 0.376 e. The lowest BCUT2D eigenvalue weighted by atomic mass is 10.2. The van der Waals surface area contributed by atoms with E-state index in [1.165, 1.54) is 0 Å². The molecule has 1 saturated heterocycles. The Morgan fingerprint density at radius 2 is 2.03 bits per heavy atom. The van der Waals surface area contributed by atoms with Crippen molar-refractivity contribution in [2.75, 3.05) is 13.2 Å². The minimum Gasteiger partial charge on any atom is -0.376 e. The third kappa shape index (κ3) is 5.16. The molecule has 2 N–H and O–H groups in total. The first-order chi connectivity index (χ1) is 15.5. The fourth-order valence-corrected chi connectivity index (χ4v) is 3.85. The second kappa shape index (κ2) is 9.95. The molecular formula is C23H32N8O. The Bertz CT molecular complexity index is 1080. The predicted molar refractivity (Wildman–Crippen MR) is 124 cm³/mol. The van der Waals surface area contributed by atoms with Crippen LogP contribution in [0.4, 0.5) is 0 Å². The number of ether oxygens (including phenoxy) is 1. The maximum Gasteiger partial charge on any atom is 0.192 e. The summed E-state index contributed by atoms with van der Waals surface area (Å²) in [5.41, 5.74) is 4.25. The number of benzene rings is 1. The molecule has 0 spiro atoms. The van der Waals surface area contributed by atoms with Gasteiger partial charge in [0.05, 0.1) is 30.6 Å². The molecule has 0 saturated carbocycles. The lowest BCUT2D eigenvalue weighted by Gasteiger charge is -2.16. The van der Waals surface area contributed by atoms with Crippen molar-refractivity contribution in [2.24, 2.45) is 12.0 Å². The van der Waals surface area contributed by atoms with E-state index in [1.54, 1.807) is 0 Å². The number of nitrogens with zero attached hydrogens (tertiary/aromatic N) is 6. The summed E-state index contributed by atoms with van der Waals surface area (Å²) in [6.07, 6.45) is 2.41. The summed E-state index contributed by atoms with van der Waals surface area (Å²) in [7, 11) is 1.97. The van der Waals surface area contributed by atoms with E-state index < -0.39 is 0 Å². The summed E-state index contributed by atoms with van der Waals surface area (Å²) in [5, 5.41) is 19.9. The van der Waals surface area contributed by atoms with Gasteiger partial charge in [0.1, 0.15) is 5.82 Å². The lowest BCUT2D eigenvalue weighted by molar-refractivity contribution is 0.113. The van der Waals surface area contributed by atoms with Gasteiger partial charge in [0.15, 0.2) is 11.8 Å². The molecule has 1 aliphatic heterocycles. The van der Waals surface area contributed by atoms with Crippen molar-refractivity contribution < 1.29 is 4.74 Å². The van der Waals surface area contributed by atoms with E-state index in [0.717, 1.165) is 66.2 Å². The van der Waals surface area contributed by atoms with E-state index in [2.05, 4.69) is 51.1 Å². The van der Waals surface area contributed by atoms with Gasteiger partial charge in [0.25, 0.3) is 0 Å². The van der Waals surface area contributed by atoms with Crippen LogP contribution >= 0.6 is 0 Å². The number of aliphatic imine (C=N–C) groups is 1. The van der Waals surface area contributed by atoms with Gasteiger partial charge in [0.2, 0.25) is 0 Å². The minimum atomic E-state index is 0.223. The van der Waals surface area contributed by atoms with Crippen LogP contribution < -0.4 is 10.6 Å². The number of hydrogen-bond donors (Lipinski definition) is 2. The van der Waals surface area contributed by atoms with Crippen LogP contribution in [0.3, 0.4) is 0 Å². The number of hydrogen-bond acceptors (Lipinski definition) is 5. The normalized spacial score (nSPS) is 16.5. The number of aryl methyl sites for hydroxylation is 3. The highest BCUT2D eigenvalue weighted by atomic mass is 16.5. The van der Waals surface area contributed by atoms with Crippen LogP contribution in [0.25, 0.3) is 5.69 Å². The second-order valence-corrected chi connectivity index (χ2v) is 8.22. The Morgan fingerprint density at radius 3 is 2.72 bits per heavy atom. The van der Waals surface area contributed by atoms with Gasteiger partial charge in [-0.25, -0.2) is 9.67 Å². The molecule has 9 heteroatoms. The van der Waals surface area contributed by atoms with Crippen LogP contribution in [-0.4, -0.2) is 49.8 Å². The number of para-hydroxylation sites is 1. The average molecular weight is 437 g/mol. The molecule has 1 aliphatic rings. The minimum absolute atomic E-state index is 0.223. The summed E-state index contributed by atoms with van der Waals surface area (Å²) in [4.78, 5) is 4.87. The van der Waals surface area contributed by atoms with Crippen molar-refractivity contribution in [3.05, 3.63) is 58.9 Å². The number of aromatic nitrogens is 5. The Kier molecular flexibility index (Phi) is 6.84. The van der Waals surface area contributed by atoms with E-state index >= 15 is 0 Å². The number of rotatable bonds is 7. The molecular weight excluding hydrogens is 404 g/mol. The van der Waals surface area contributed by atoms with Crippen LogP contribution in [0.1, 0.15) is 41.4 Å². The maximum absolute atomic E-state index is 5.76. The first-order valence-electron chi connectivity index (χ1n) is 11.1. The van der Waals surface area contributed by atoms with Gasteiger partial charge in [-0.15, -0.1) is 10.2 Å². The van der Waals surface area contributed by atoms with Crippen LogP contribution in [0.5, 0.6) is 0 Å². The van der Waals surface area contributed by atoms with Crippen LogP contribution in [0.15, 0.2) is 35.3 Å². The fraction of sp³-hybridized carbons (Fsp3) is 0.478. The highest BCUT2D eigenvalue weighted by Crippen LogP contribution is 2.18. The zero-order valence-electron chi connectivity index (χ0n) is 19.3. The molecule has 32 heavy (non-hydrogen) atoms. The highest BCUT2D eigenvalue weighted by molar-refractivity contribution is 5.79. The monoisotopic (exact) mass is 436 g/mol. The highest BCUT2D eigenvalue weighted by Gasteiger charge is 2.16. The van der Waals surface area contributed by atoms with Crippen LogP contribution in [0.2, 0.25) is 0 Å². The van der Waals surface area contributed by atoms with Gasteiger partial charge in [-0.2, -0.15) is 5.10 Å². The number of nitrogens with one attached hydrogen (secondary N) is 2. The molecule has 0 aliphatic carbocycles. The lowest BCUT2D eigenvalue weighted by Crippen LogP contribution is -2.41. The van der Waals surface area contributed by atoms with E-state index in [-0.39, 0.29) is 6.10 Å². The SMILES string of the molecule is Cc1cc(C)n(-c2ccccc2CN=C(NCc2nnc(C)n2C)NCC2CCCO2)n1. The Morgan fingerprint density at radius 1 is 1.19 bits per heavy atom. The molecule has 0 bridgehead atoms. The second-order valence-electron chi connectivity index (χ2n) is 8.22. The summed E-state index contributed by atoms with van der Waals surface area (Å²) in [6, 6.07) is 10.3. The quantitative estimate of drug-likeness (QED) is 0.436. The van der Waals surface area contributed by atoms with Crippen molar-refractivity contribution >= 4 is 5.96 Å².